The fourth-order valence-electron chi connectivity index (χ4n) is 6.21. The van der Waals surface area contributed by atoms with E-state index in [2.05, 4.69) is 15.5 Å². The Bertz CT molecular complexity index is 1680. The number of nitrogens with one attached hydrogen (secondary N) is 2. The molecule has 0 unspecified atom stereocenters. The number of aliphatic hydroxyl groups excluding tert-OH is 2. The summed E-state index contributed by atoms with van der Waals surface area (Å²) in [5.74, 6) is -0.181. The number of likely N-dealkylation sites (N-methyl/N-ethyl adjacent to an activating group) is 1. The number of benzene rings is 4. The number of nitrogens with zero attached hydrogens (tertiary/aromatic N) is 1. The monoisotopic (exact) mass is 694 g/mol. The largest absolute Gasteiger partial charge is 0.397 e. The molecule has 1 saturated heterocycles. The van der Waals surface area contributed by atoms with Crippen molar-refractivity contribution >= 4 is 28.9 Å². The van der Waals surface area contributed by atoms with Gasteiger partial charge in [0.1, 0.15) is 0 Å². The summed E-state index contributed by atoms with van der Waals surface area (Å²) in [4.78, 5) is 27.0. The van der Waals surface area contributed by atoms with E-state index in [1.54, 1.807) is 12.1 Å². The van der Waals surface area contributed by atoms with Crippen molar-refractivity contribution in [2.24, 2.45) is 0 Å². The number of carbonyl (C=O) groups is 2. The highest BCUT2D eigenvalue weighted by Gasteiger charge is 2.34. The smallest absolute Gasteiger partial charge is 0.224 e. The van der Waals surface area contributed by atoms with Gasteiger partial charge >= 0.3 is 0 Å². The van der Waals surface area contributed by atoms with Gasteiger partial charge in [0, 0.05) is 43.1 Å². The molecule has 1 fully saturated rings. The molecule has 0 saturated carbocycles. The average Bonchev–Trinajstić information content (AvgIpc) is 3.15. The molecule has 0 spiro atoms. The molecular weight excluding hydrogens is 644 g/mol. The van der Waals surface area contributed by atoms with Crippen LogP contribution in [0.3, 0.4) is 0 Å². The normalized spacial score (nSPS) is 18.6. The van der Waals surface area contributed by atoms with E-state index in [4.69, 9.17) is 15.2 Å². The van der Waals surface area contributed by atoms with Crippen LogP contribution in [0.1, 0.15) is 86.2 Å². The van der Waals surface area contributed by atoms with Crippen LogP contribution in [-0.4, -0.2) is 52.7 Å². The molecule has 0 radical (unpaired) electrons. The Morgan fingerprint density at radius 3 is 2.12 bits per heavy atom. The molecular formula is C41H50N4O6. The minimum Gasteiger partial charge on any atom is -0.397 e. The van der Waals surface area contributed by atoms with Crippen LogP contribution in [0.25, 0.3) is 0 Å². The molecule has 0 bridgehead atoms. The number of nitrogen functional groups attached to an aromatic ring is 1. The average molecular weight is 695 g/mol. The lowest BCUT2D eigenvalue weighted by atomic mass is 9.98. The van der Waals surface area contributed by atoms with Crippen molar-refractivity contribution in [2.45, 2.75) is 82.7 Å². The van der Waals surface area contributed by atoms with E-state index in [0.29, 0.717) is 55.7 Å². The lowest BCUT2D eigenvalue weighted by Crippen LogP contribution is -2.43. The van der Waals surface area contributed by atoms with Gasteiger partial charge in [0.2, 0.25) is 11.8 Å². The zero-order valence-corrected chi connectivity index (χ0v) is 29.4. The van der Waals surface area contributed by atoms with Crippen molar-refractivity contribution in [3.63, 3.8) is 0 Å². The van der Waals surface area contributed by atoms with Gasteiger partial charge in [-0.25, -0.2) is 0 Å². The van der Waals surface area contributed by atoms with E-state index in [-0.39, 0.29) is 36.7 Å². The summed E-state index contributed by atoms with van der Waals surface area (Å²) in [6.45, 7) is 2.56. The van der Waals surface area contributed by atoms with Crippen LogP contribution in [-0.2, 0) is 25.7 Å². The SMILES string of the molecule is C[C@H]([C@@H](O)c1ccccc1)N(C)C[C@H]1C[C@@H](c2ccc(CO)cc2)O[C@@H](c2ccc(NC(=O)CCCCCC(=O)Nc3ccccc3N)cc2)O1. The maximum absolute atomic E-state index is 12.7. The Labute approximate surface area is 300 Å². The van der Waals surface area contributed by atoms with Crippen LogP contribution in [0.5, 0.6) is 0 Å². The summed E-state index contributed by atoms with van der Waals surface area (Å²) in [6, 6.07) is 31.9. The first-order valence-corrected chi connectivity index (χ1v) is 17.7. The van der Waals surface area contributed by atoms with Crippen LogP contribution in [0.15, 0.2) is 103 Å². The topological polar surface area (TPSA) is 146 Å². The van der Waals surface area contributed by atoms with Gasteiger partial charge in [0.05, 0.1) is 36.3 Å². The Balaban J connectivity index is 1.14. The highest BCUT2D eigenvalue weighted by Crippen LogP contribution is 2.38. The molecule has 10 heteroatoms. The van der Waals surface area contributed by atoms with E-state index in [1.165, 1.54) is 0 Å². The summed E-state index contributed by atoms with van der Waals surface area (Å²) in [7, 11) is 1.99. The maximum Gasteiger partial charge on any atom is 0.224 e. The van der Waals surface area contributed by atoms with Crippen molar-refractivity contribution in [1.82, 2.24) is 4.90 Å². The standard InChI is InChI=1S/C41H50N4O6/c1-28(40(49)31-11-5-3-6-12-31)45(2)26-34-25-37(30-19-17-29(27-46)18-20-30)51-41(50-34)32-21-23-33(24-22-32)43-38(47)15-7-4-8-16-39(48)44-36-14-10-9-13-35(36)42/h3,5-6,9-14,17-24,28,34,37,40-41,46,49H,4,7-8,15-16,25-27,42H2,1-2H3,(H,43,47)(H,44,48)/t28-,34-,37+,40-,41+/m1/s1. The third-order valence-electron chi connectivity index (χ3n) is 9.41. The Kier molecular flexibility index (Phi) is 13.7. The summed E-state index contributed by atoms with van der Waals surface area (Å²) < 4.78 is 13.0. The van der Waals surface area contributed by atoms with Gasteiger partial charge < -0.3 is 36.1 Å². The number of amides is 2. The second-order valence-electron chi connectivity index (χ2n) is 13.3. The number of aliphatic hydroxyl groups is 2. The predicted octanol–water partition coefficient (Wildman–Crippen LogP) is 6.89. The molecule has 0 aromatic heterocycles. The first-order valence-electron chi connectivity index (χ1n) is 17.7. The first kappa shape index (κ1) is 37.7. The zero-order chi connectivity index (χ0) is 36.2. The number of hydrogen-bond acceptors (Lipinski definition) is 8. The van der Waals surface area contributed by atoms with Gasteiger partial charge in [-0.1, -0.05) is 85.3 Å². The molecule has 6 N–H and O–H groups in total. The number of hydrogen-bond donors (Lipinski definition) is 5. The van der Waals surface area contributed by atoms with Gasteiger partial charge in [-0.3, -0.25) is 14.5 Å². The summed E-state index contributed by atoms with van der Waals surface area (Å²) in [5.41, 5.74) is 11.2. The third-order valence-corrected chi connectivity index (χ3v) is 9.41. The number of unbranched alkanes of at least 4 members (excludes halogenated alkanes) is 2. The minimum absolute atomic E-state index is 0.0281. The van der Waals surface area contributed by atoms with Crippen LogP contribution in [0.4, 0.5) is 17.1 Å². The Morgan fingerprint density at radius 2 is 1.45 bits per heavy atom. The number of carbonyl (C=O) groups excluding carboxylic acids is 2. The molecule has 270 valence electrons. The highest BCUT2D eigenvalue weighted by atomic mass is 16.7. The number of ether oxygens (including phenoxy) is 2. The van der Waals surface area contributed by atoms with Crippen molar-refractivity contribution in [1.29, 1.82) is 0 Å². The van der Waals surface area contributed by atoms with Crippen LogP contribution < -0.4 is 16.4 Å². The lowest BCUT2D eigenvalue weighted by Gasteiger charge is -2.39. The molecule has 1 aliphatic heterocycles. The first-order chi connectivity index (χ1) is 24.7. The fraction of sp³-hybridized carbons (Fsp3) is 0.366. The number of rotatable bonds is 16. The van der Waals surface area contributed by atoms with Crippen molar-refractivity contribution in [3.8, 4) is 0 Å². The maximum atomic E-state index is 12.7. The summed E-state index contributed by atoms with van der Waals surface area (Å²) in [5, 5.41) is 26.4. The number of anilines is 3. The molecule has 5 atom stereocenters. The second-order valence-corrected chi connectivity index (χ2v) is 13.3. The molecule has 4 aromatic rings. The van der Waals surface area contributed by atoms with Crippen molar-refractivity contribution in [2.75, 3.05) is 30.0 Å². The second kappa shape index (κ2) is 18.6. The molecule has 51 heavy (non-hydrogen) atoms. The molecule has 2 amide bonds. The quantitative estimate of drug-likeness (QED) is 0.0630. The third kappa shape index (κ3) is 11.0. The summed E-state index contributed by atoms with van der Waals surface area (Å²) in [6.07, 6.45) is 1.71. The van der Waals surface area contributed by atoms with Gasteiger partial charge in [-0.2, -0.15) is 0 Å². The van der Waals surface area contributed by atoms with E-state index < -0.39 is 12.4 Å². The fourth-order valence-corrected chi connectivity index (χ4v) is 6.21. The van der Waals surface area contributed by atoms with E-state index in [0.717, 1.165) is 28.7 Å². The lowest BCUT2D eigenvalue weighted by molar-refractivity contribution is -0.253. The van der Waals surface area contributed by atoms with Crippen LogP contribution >= 0.6 is 0 Å². The van der Waals surface area contributed by atoms with Crippen LogP contribution in [0, 0.1) is 0 Å². The van der Waals surface area contributed by atoms with Crippen molar-refractivity contribution < 1.29 is 29.3 Å². The molecule has 5 rings (SSSR count). The summed E-state index contributed by atoms with van der Waals surface area (Å²) >= 11 is 0. The van der Waals surface area contributed by atoms with Gasteiger partial charge in [-0.15, -0.1) is 0 Å². The molecule has 4 aromatic carbocycles. The van der Waals surface area contributed by atoms with Gasteiger partial charge in [0.25, 0.3) is 0 Å². The van der Waals surface area contributed by atoms with E-state index >= 15 is 0 Å². The molecule has 1 heterocycles. The predicted molar refractivity (Wildman–Crippen MR) is 200 cm³/mol. The molecule has 0 aliphatic carbocycles. The Morgan fingerprint density at radius 1 is 0.824 bits per heavy atom. The zero-order valence-electron chi connectivity index (χ0n) is 29.4. The van der Waals surface area contributed by atoms with Crippen LogP contribution in [0.2, 0.25) is 0 Å². The van der Waals surface area contributed by atoms with E-state index in [9.17, 15) is 19.8 Å². The highest BCUT2D eigenvalue weighted by molar-refractivity contribution is 5.93. The Hall–Kier alpha value is -4.58. The van der Waals surface area contributed by atoms with E-state index in [1.807, 2.05) is 105 Å². The minimum atomic E-state index is -0.650. The number of nitrogens with two attached hydrogens (primary N) is 1. The number of para-hydroxylation sites is 2. The molecule has 10 nitrogen and oxygen atoms in total. The van der Waals surface area contributed by atoms with Crippen molar-refractivity contribution in [3.05, 3.63) is 125 Å². The molecule has 1 aliphatic rings. The van der Waals surface area contributed by atoms with Gasteiger partial charge in [-0.05, 0) is 67.8 Å². The van der Waals surface area contributed by atoms with Gasteiger partial charge in [0.15, 0.2) is 6.29 Å².